The highest BCUT2D eigenvalue weighted by atomic mass is 14.6. The van der Waals surface area contributed by atoms with E-state index in [1.165, 1.54) is 77.0 Å². The van der Waals surface area contributed by atoms with Gasteiger partial charge in [-0.2, -0.15) is 5.26 Å². The number of hydrogen-bond acceptors (Lipinski definition) is 2. The van der Waals surface area contributed by atoms with E-state index in [2.05, 4.69) is 13.0 Å². The summed E-state index contributed by atoms with van der Waals surface area (Å²) in [4.78, 5) is 0. The smallest absolute Gasteiger partial charge is 0.0692 e. The van der Waals surface area contributed by atoms with Gasteiger partial charge in [0.15, 0.2) is 0 Å². The normalized spacial score (nSPS) is 46.9. The minimum atomic E-state index is 0.0295. The van der Waals surface area contributed by atoms with Crippen molar-refractivity contribution >= 4 is 0 Å². The van der Waals surface area contributed by atoms with Crippen LogP contribution in [0.4, 0.5) is 0 Å². The zero-order valence-corrected chi connectivity index (χ0v) is 14.4. The van der Waals surface area contributed by atoms with Crippen LogP contribution in [0.2, 0.25) is 0 Å². The maximum Gasteiger partial charge on any atom is 0.0692 e. The molecule has 0 aliphatic heterocycles. The van der Waals surface area contributed by atoms with Crippen LogP contribution in [0.5, 0.6) is 0 Å². The van der Waals surface area contributed by atoms with Crippen LogP contribution in [0.15, 0.2) is 0 Å². The molecule has 0 saturated heterocycles. The van der Waals surface area contributed by atoms with Gasteiger partial charge >= 0.3 is 0 Å². The molecule has 0 unspecified atom stereocenters. The Hall–Kier alpha value is -0.550. The second-order valence-electron chi connectivity index (χ2n) is 8.74. The molecule has 3 saturated carbocycles. The lowest BCUT2D eigenvalue weighted by molar-refractivity contribution is 0.0663. The molecular formula is C20H34N2. The van der Waals surface area contributed by atoms with Gasteiger partial charge in [0, 0.05) is 6.04 Å². The van der Waals surface area contributed by atoms with Crippen LogP contribution in [0.25, 0.3) is 0 Å². The largest absolute Gasteiger partial charge is 0.328 e. The molecule has 3 aliphatic rings. The zero-order chi connectivity index (χ0) is 15.6. The number of nitrogens with two attached hydrogens (primary N) is 1. The van der Waals surface area contributed by atoms with Crippen molar-refractivity contribution in [2.45, 2.75) is 90.0 Å². The SMILES string of the molecule is CC1CCC(C2(C#N)CCC(C3CCC(N)CC3)CC2)CC1. The lowest BCUT2D eigenvalue weighted by Gasteiger charge is -2.45. The lowest BCUT2D eigenvalue weighted by Crippen LogP contribution is -2.38. The highest BCUT2D eigenvalue weighted by molar-refractivity contribution is 5.06. The Morgan fingerprint density at radius 2 is 1.36 bits per heavy atom. The molecule has 0 radical (unpaired) electrons. The highest BCUT2D eigenvalue weighted by Gasteiger charge is 2.44. The first-order valence-electron chi connectivity index (χ1n) is 9.80. The van der Waals surface area contributed by atoms with E-state index in [1.54, 1.807) is 0 Å². The van der Waals surface area contributed by atoms with E-state index in [-0.39, 0.29) is 5.41 Å². The first kappa shape index (κ1) is 16.3. The Morgan fingerprint density at radius 1 is 0.818 bits per heavy atom. The van der Waals surface area contributed by atoms with Crippen LogP contribution >= 0.6 is 0 Å². The van der Waals surface area contributed by atoms with Crippen LogP contribution in [0.1, 0.15) is 84.0 Å². The third-order valence-corrected chi connectivity index (χ3v) is 7.43. The highest BCUT2D eigenvalue weighted by Crippen LogP contribution is 2.52. The molecule has 2 heteroatoms. The van der Waals surface area contributed by atoms with Crippen molar-refractivity contribution in [1.29, 1.82) is 5.26 Å². The van der Waals surface area contributed by atoms with Crippen molar-refractivity contribution < 1.29 is 0 Å². The molecule has 0 amide bonds. The van der Waals surface area contributed by atoms with Crippen LogP contribution < -0.4 is 5.73 Å². The van der Waals surface area contributed by atoms with Gasteiger partial charge in [-0.15, -0.1) is 0 Å². The standard InChI is InChI=1S/C20H34N2/c1-15-2-6-18(7-3-15)20(14-21)12-10-17(11-13-20)16-4-8-19(22)9-5-16/h15-19H,2-13,22H2,1H3. The zero-order valence-electron chi connectivity index (χ0n) is 14.4. The Kier molecular flexibility index (Phi) is 5.13. The van der Waals surface area contributed by atoms with Crippen molar-refractivity contribution in [3.05, 3.63) is 0 Å². The van der Waals surface area contributed by atoms with Gasteiger partial charge in [-0.3, -0.25) is 0 Å². The number of rotatable bonds is 2. The quantitative estimate of drug-likeness (QED) is 0.777. The first-order valence-corrected chi connectivity index (χ1v) is 9.80. The van der Waals surface area contributed by atoms with Crippen LogP contribution in [0, 0.1) is 40.4 Å². The predicted molar refractivity (Wildman–Crippen MR) is 91.1 cm³/mol. The number of nitrogens with zero attached hydrogens (tertiary/aromatic N) is 1. The second-order valence-corrected chi connectivity index (χ2v) is 8.74. The Balaban J connectivity index is 1.56. The number of nitriles is 1. The molecule has 0 aromatic carbocycles. The van der Waals surface area contributed by atoms with E-state index < -0.39 is 0 Å². The molecule has 0 atom stereocenters. The van der Waals surface area contributed by atoms with E-state index >= 15 is 0 Å². The Morgan fingerprint density at radius 3 is 1.91 bits per heavy atom. The van der Waals surface area contributed by atoms with Gasteiger partial charge < -0.3 is 5.73 Å². The molecule has 0 heterocycles. The molecule has 3 rings (SSSR count). The lowest BCUT2D eigenvalue weighted by atomic mass is 9.58. The molecule has 0 spiro atoms. The fraction of sp³-hybridized carbons (Fsp3) is 0.950. The monoisotopic (exact) mass is 302 g/mol. The molecule has 0 bridgehead atoms. The summed E-state index contributed by atoms with van der Waals surface area (Å²) in [6.07, 6.45) is 15.4. The molecular weight excluding hydrogens is 268 g/mol. The molecule has 0 aromatic rings. The summed E-state index contributed by atoms with van der Waals surface area (Å²) in [5.41, 5.74) is 6.09. The van der Waals surface area contributed by atoms with Gasteiger partial charge in [0.05, 0.1) is 11.5 Å². The molecule has 2 nitrogen and oxygen atoms in total. The third-order valence-electron chi connectivity index (χ3n) is 7.43. The average molecular weight is 303 g/mol. The fourth-order valence-electron chi connectivity index (χ4n) is 5.67. The van der Waals surface area contributed by atoms with Gasteiger partial charge in [0.1, 0.15) is 0 Å². The summed E-state index contributed by atoms with van der Waals surface area (Å²) >= 11 is 0. The van der Waals surface area contributed by atoms with E-state index in [0.717, 1.165) is 17.8 Å². The average Bonchev–Trinajstić information content (AvgIpc) is 2.56. The third kappa shape index (κ3) is 3.35. The summed E-state index contributed by atoms with van der Waals surface area (Å²) in [5, 5.41) is 9.92. The topological polar surface area (TPSA) is 49.8 Å². The van der Waals surface area contributed by atoms with E-state index in [0.29, 0.717) is 12.0 Å². The van der Waals surface area contributed by atoms with Crippen LogP contribution in [-0.2, 0) is 0 Å². The van der Waals surface area contributed by atoms with Gasteiger partial charge in [0.2, 0.25) is 0 Å². The molecule has 124 valence electrons. The first-order chi connectivity index (χ1) is 10.6. The molecule has 2 N–H and O–H groups in total. The molecule has 3 aliphatic carbocycles. The van der Waals surface area contributed by atoms with Crippen molar-refractivity contribution in [2.75, 3.05) is 0 Å². The maximum atomic E-state index is 9.92. The molecule has 0 aromatic heterocycles. The van der Waals surface area contributed by atoms with Crippen molar-refractivity contribution in [2.24, 2.45) is 34.8 Å². The molecule has 22 heavy (non-hydrogen) atoms. The summed E-state index contributed by atoms with van der Waals surface area (Å²) < 4.78 is 0. The van der Waals surface area contributed by atoms with Gasteiger partial charge in [0.25, 0.3) is 0 Å². The Labute approximate surface area is 136 Å². The minimum Gasteiger partial charge on any atom is -0.328 e. The Bertz CT molecular complexity index is 386. The van der Waals surface area contributed by atoms with E-state index in [4.69, 9.17) is 5.73 Å². The van der Waals surface area contributed by atoms with Gasteiger partial charge in [-0.25, -0.2) is 0 Å². The van der Waals surface area contributed by atoms with Crippen molar-refractivity contribution in [1.82, 2.24) is 0 Å². The number of hydrogen-bond donors (Lipinski definition) is 1. The molecule has 3 fully saturated rings. The summed E-state index contributed by atoms with van der Waals surface area (Å²) in [7, 11) is 0. The second kappa shape index (κ2) is 6.91. The summed E-state index contributed by atoms with van der Waals surface area (Å²) in [6, 6.07) is 3.27. The van der Waals surface area contributed by atoms with Crippen LogP contribution in [-0.4, -0.2) is 6.04 Å². The van der Waals surface area contributed by atoms with Crippen molar-refractivity contribution in [3.63, 3.8) is 0 Å². The van der Waals surface area contributed by atoms with Gasteiger partial charge in [-0.1, -0.05) is 19.8 Å². The van der Waals surface area contributed by atoms with Crippen LogP contribution in [0.3, 0.4) is 0 Å². The van der Waals surface area contributed by atoms with Crippen molar-refractivity contribution in [3.8, 4) is 6.07 Å². The summed E-state index contributed by atoms with van der Waals surface area (Å²) in [6.45, 7) is 2.37. The van der Waals surface area contributed by atoms with E-state index in [1.807, 2.05) is 0 Å². The predicted octanol–water partition coefficient (Wildman–Crippen LogP) is 5.03. The summed E-state index contributed by atoms with van der Waals surface area (Å²) in [5.74, 6) is 3.36. The maximum absolute atomic E-state index is 9.92. The van der Waals surface area contributed by atoms with Gasteiger partial charge in [-0.05, 0) is 87.9 Å². The fourth-order valence-corrected chi connectivity index (χ4v) is 5.67. The minimum absolute atomic E-state index is 0.0295. The van der Waals surface area contributed by atoms with E-state index in [9.17, 15) is 5.26 Å².